The lowest BCUT2D eigenvalue weighted by atomic mass is 10.1. The van der Waals surface area contributed by atoms with Crippen molar-refractivity contribution < 1.29 is 9.84 Å². The molecule has 16 heavy (non-hydrogen) atoms. The number of rotatable bonds is 4. The molecule has 0 fully saturated rings. The molecular formula is C13H15NO2. The van der Waals surface area contributed by atoms with Gasteiger partial charge in [-0.25, -0.2) is 0 Å². The molecule has 1 atom stereocenters. The fourth-order valence-corrected chi connectivity index (χ4v) is 1.60. The van der Waals surface area contributed by atoms with Crippen LogP contribution in [0.4, 0.5) is 0 Å². The first kappa shape index (κ1) is 11.0. The van der Waals surface area contributed by atoms with Gasteiger partial charge in [-0.05, 0) is 19.1 Å². The lowest BCUT2D eigenvalue weighted by molar-refractivity contribution is 0.0419. The molecule has 0 saturated heterocycles. The molecule has 0 bridgehead atoms. The summed E-state index contributed by atoms with van der Waals surface area (Å²) in [7, 11) is 0. The molecule has 0 aliphatic heterocycles. The molecule has 1 N–H and O–H groups in total. The van der Waals surface area contributed by atoms with Gasteiger partial charge in [0, 0.05) is 23.8 Å². The number of fused-ring (bicyclic) bond motifs is 1. The Hall–Kier alpha value is -1.45. The van der Waals surface area contributed by atoms with Crippen molar-refractivity contribution >= 4 is 10.9 Å². The number of pyridine rings is 1. The molecule has 0 aliphatic rings. The minimum atomic E-state index is -0.600. The maximum Gasteiger partial charge on any atom is 0.104 e. The van der Waals surface area contributed by atoms with E-state index >= 15 is 0 Å². The van der Waals surface area contributed by atoms with E-state index in [1.165, 1.54) is 0 Å². The fourth-order valence-electron chi connectivity index (χ4n) is 1.60. The molecular weight excluding hydrogens is 202 g/mol. The maximum absolute atomic E-state index is 9.85. The molecule has 2 rings (SSSR count). The van der Waals surface area contributed by atoms with Gasteiger partial charge in [0.05, 0.1) is 12.1 Å². The van der Waals surface area contributed by atoms with Gasteiger partial charge >= 0.3 is 0 Å². The Labute approximate surface area is 94.7 Å². The predicted molar refractivity (Wildman–Crippen MR) is 63.2 cm³/mol. The van der Waals surface area contributed by atoms with E-state index in [2.05, 4.69) is 4.98 Å². The van der Waals surface area contributed by atoms with Crippen molar-refractivity contribution in [2.24, 2.45) is 0 Å². The van der Waals surface area contributed by atoms with Gasteiger partial charge < -0.3 is 9.84 Å². The summed E-state index contributed by atoms with van der Waals surface area (Å²) in [5.41, 5.74) is 1.74. The van der Waals surface area contributed by atoms with Crippen LogP contribution in [0.25, 0.3) is 10.9 Å². The van der Waals surface area contributed by atoms with Crippen molar-refractivity contribution in [3.8, 4) is 0 Å². The van der Waals surface area contributed by atoms with Gasteiger partial charge in [-0.1, -0.05) is 18.2 Å². The van der Waals surface area contributed by atoms with E-state index in [-0.39, 0.29) is 0 Å². The zero-order valence-corrected chi connectivity index (χ0v) is 9.26. The number of ether oxygens (including phenoxy) is 1. The largest absolute Gasteiger partial charge is 0.386 e. The number of aliphatic hydroxyl groups excluding tert-OH is 1. The monoisotopic (exact) mass is 217 g/mol. The molecule has 1 aromatic heterocycles. The van der Waals surface area contributed by atoms with Crippen LogP contribution >= 0.6 is 0 Å². The van der Waals surface area contributed by atoms with Crippen LogP contribution in [0.3, 0.4) is 0 Å². The number of nitrogens with zero attached hydrogens (tertiary/aromatic N) is 1. The third-order valence-electron chi connectivity index (χ3n) is 2.48. The SMILES string of the molecule is CCOCC(O)c1cnc2ccccc2c1. The van der Waals surface area contributed by atoms with Gasteiger partial charge in [-0.3, -0.25) is 4.98 Å². The predicted octanol–water partition coefficient (Wildman–Crippen LogP) is 2.30. The van der Waals surface area contributed by atoms with Crippen LogP contribution in [0.1, 0.15) is 18.6 Å². The van der Waals surface area contributed by atoms with Gasteiger partial charge in [0.25, 0.3) is 0 Å². The first-order valence-electron chi connectivity index (χ1n) is 5.41. The standard InChI is InChI=1S/C13H15NO2/c1-2-16-9-13(15)11-7-10-5-3-4-6-12(10)14-8-11/h3-8,13,15H,2,9H2,1H3. The molecule has 0 aliphatic carbocycles. The quantitative estimate of drug-likeness (QED) is 0.854. The molecule has 84 valence electrons. The average molecular weight is 217 g/mol. The van der Waals surface area contributed by atoms with Crippen molar-refractivity contribution in [1.82, 2.24) is 4.98 Å². The average Bonchev–Trinajstić information content (AvgIpc) is 2.35. The van der Waals surface area contributed by atoms with Crippen LogP contribution in [-0.4, -0.2) is 23.3 Å². The van der Waals surface area contributed by atoms with Gasteiger partial charge in [0.15, 0.2) is 0 Å². The molecule has 0 spiro atoms. The first-order valence-corrected chi connectivity index (χ1v) is 5.41. The van der Waals surface area contributed by atoms with Gasteiger partial charge in [-0.15, -0.1) is 0 Å². The Kier molecular flexibility index (Phi) is 3.49. The molecule has 0 radical (unpaired) electrons. The Morgan fingerprint density at radius 2 is 2.19 bits per heavy atom. The van der Waals surface area contributed by atoms with Crippen LogP contribution in [0.5, 0.6) is 0 Å². The summed E-state index contributed by atoms with van der Waals surface area (Å²) in [6, 6.07) is 9.80. The third kappa shape index (κ3) is 2.38. The molecule has 0 amide bonds. The Balaban J connectivity index is 2.25. The Morgan fingerprint density at radius 1 is 1.38 bits per heavy atom. The van der Waals surface area contributed by atoms with E-state index in [0.29, 0.717) is 13.2 Å². The minimum absolute atomic E-state index is 0.316. The van der Waals surface area contributed by atoms with Crippen LogP contribution in [0.15, 0.2) is 36.5 Å². The summed E-state index contributed by atoms with van der Waals surface area (Å²) in [5.74, 6) is 0. The normalized spacial score (nSPS) is 12.9. The summed E-state index contributed by atoms with van der Waals surface area (Å²) >= 11 is 0. The topological polar surface area (TPSA) is 42.4 Å². The number of aromatic nitrogens is 1. The van der Waals surface area contributed by atoms with Crippen LogP contribution in [-0.2, 0) is 4.74 Å². The highest BCUT2D eigenvalue weighted by atomic mass is 16.5. The van der Waals surface area contributed by atoms with Gasteiger partial charge in [-0.2, -0.15) is 0 Å². The minimum Gasteiger partial charge on any atom is -0.386 e. The zero-order valence-electron chi connectivity index (χ0n) is 9.26. The second kappa shape index (κ2) is 5.05. The van der Waals surface area contributed by atoms with Crippen molar-refractivity contribution in [2.75, 3.05) is 13.2 Å². The number of benzene rings is 1. The first-order chi connectivity index (χ1) is 7.81. The summed E-state index contributed by atoms with van der Waals surface area (Å²) in [5, 5.41) is 10.9. The van der Waals surface area contributed by atoms with E-state index in [1.54, 1.807) is 6.20 Å². The van der Waals surface area contributed by atoms with Crippen molar-refractivity contribution in [3.63, 3.8) is 0 Å². The smallest absolute Gasteiger partial charge is 0.104 e. The summed E-state index contributed by atoms with van der Waals surface area (Å²) in [6.07, 6.45) is 1.10. The third-order valence-corrected chi connectivity index (χ3v) is 2.48. The van der Waals surface area contributed by atoms with Crippen LogP contribution < -0.4 is 0 Å². The summed E-state index contributed by atoms with van der Waals surface area (Å²) in [6.45, 7) is 2.83. The zero-order chi connectivity index (χ0) is 11.4. The summed E-state index contributed by atoms with van der Waals surface area (Å²) in [4.78, 5) is 4.29. The highest BCUT2D eigenvalue weighted by molar-refractivity contribution is 5.78. The van der Waals surface area contributed by atoms with Crippen molar-refractivity contribution in [2.45, 2.75) is 13.0 Å². The van der Waals surface area contributed by atoms with Crippen LogP contribution in [0.2, 0.25) is 0 Å². The molecule has 2 aromatic rings. The highest BCUT2D eigenvalue weighted by Gasteiger charge is 2.08. The fraction of sp³-hybridized carbons (Fsp3) is 0.308. The number of aliphatic hydroxyl groups is 1. The molecule has 1 aromatic carbocycles. The Morgan fingerprint density at radius 3 is 3.00 bits per heavy atom. The molecule has 0 saturated carbocycles. The van der Waals surface area contributed by atoms with E-state index in [9.17, 15) is 5.11 Å². The van der Waals surface area contributed by atoms with E-state index in [4.69, 9.17) is 4.74 Å². The Bertz CT molecular complexity index is 470. The number of para-hydroxylation sites is 1. The molecule has 1 heterocycles. The second-order valence-corrected chi connectivity index (χ2v) is 3.64. The van der Waals surface area contributed by atoms with Gasteiger partial charge in [0.1, 0.15) is 6.10 Å². The van der Waals surface area contributed by atoms with Crippen LogP contribution in [0, 0.1) is 0 Å². The number of hydrogen-bond donors (Lipinski definition) is 1. The second-order valence-electron chi connectivity index (χ2n) is 3.64. The van der Waals surface area contributed by atoms with E-state index in [0.717, 1.165) is 16.5 Å². The molecule has 3 heteroatoms. The maximum atomic E-state index is 9.85. The lowest BCUT2D eigenvalue weighted by Gasteiger charge is -2.10. The van der Waals surface area contributed by atoms with E-state index in [1.807, 2.05) is 37.3 Å². The molecule has 1 unspecified atom stereocenters. The van der Waals surface area contributed by atoms with Gasteiger partial charge in [0.2, 0.25) is 0 Å². The van der Waals surface area contributed by atoms with Crippen molar-refractivity contribution in [1.29, 1.82) is 0 Å². The van der Waals surface area contributed by atoms with Crippen molar-refractivity contribution in [3.05, 3.63) is 42.1 Å². The lowest BCUT2D eigenvalue weighted by Crippen LogP contribution is -2.07. The highest BCUT2D eigenvalue weighted by Crippen LogP contribution is 2.18. The van der Waals surface area contributed by atoms with E-state index < -0.39 is 6.10 Å². The summed E-state index contributed by atoms with van der Waals surface area (Å²) < 4.78 is 5.18. The number of hydrogen-bond acceptors (Lipinski definition) is 3. The molecule has 3 nitrogen and oxygen atoms in total.